The number of nitrogens with one attached hydrogen (secondary N) is 1. The van der Waals surface area contributed by atoms with Gasteiger partial charge in [-0.15, -0.1) is 0 Å². The molecular weight excluding hydrogens is 306 g/mol. The van der Waals surface area contributed by atoms with E-state index in [0.717, 1.165) is 23.4 Å². The second-order valence-corrected chi connectivity index (χ2v) is 6.54. The van der Waals surface area contributed by atoms with Crippen molar-refractivity contribution in [2.75, 3.05) is 6.61 Å². The van der Waals surface area contributed by atoms with Gasteiger partial charge in [-0.3, -0.25) is 4.68 Å². The third-order valence-corrected chi connectivity index (χ3v) is 3.50. The lowest BCUT2D eigenvalue weighted by molar-refractivity contribution is 0.0482. The normalized spacial score (nSPS) is 12.7. The van der Waals surface area contributed by atoms with Gasteiger partial charge in [-0.05, 0) is 44.9 Å². The highest BCUT2D eigenvalue weighted by molar-refractivity contribution is 5.68. The van der Waals surface area contributed by atoms with Crippen LogP contribution in [0.5, 0.6) is 0 Å². The van der Waals surface area contributed by atoms with Gasteiger partial charge in [0.05, 0.1) is 18.3 Å². The van der Waals surface area contributed by atoms with Crippen LogP contribution in [0.3, 0.4) is 0 Å². The quantitative estimate of drug-likeness (QED) is 0.882. The van der Waals surface area contributed by atoms with Crippen LogP contribution in [-0.4, -0.2) is 33.2 Å². The Morgan fingerprint density at radius 1 is 1.29 bits per heavy atom. The van der Waals surface area contributed by atoms with Crippen LogP contribution in [0, 0.1) is 0 Å². The summed E-state index contributed by atoms with van der Waals surface area (Å²) in [4.78, 5) is 11.9. The average Bonchev–Trinajstić information content (AvgIpc) is 2.99. The van der Waals surface area contributed by atoms with Crippen LogP contribution in [-0.2, 0) is 11.3 Å². The number of aliphatic hydroxyl groups is 1. The monoisotopic (exact) mass is 331 g/mol. The molecule has 1 heterocycles. The third kappa shape index (κ3) is 4.58. The first-order valence-electron chi connectivity index (χ1n) is 8.06. The molecule has 0 saturated carbocycles. The zero-order valence-corrected chi connectivity index (χ0v) is 14.6. The maximum Gasteiger partial charge on any atom is 0.408 e. The van der Waals surface area contributed by atoms with Crippen molar-refractivity contribution in [1.29, 1.82) is 0 Å². The summed E-state index contributed by atoms with van der Waals surface area (Å²) < 4.78 is 7.15. The van der Waals surface area contributed by atoms with Crippen LogP contribution in [0.2, 0.25) is 0 Å². The van der Waals surface area contributed by atoms with Gasteiger partial charge in [-0.1, -0.05) is 24.3 Å². The van der Waals surface area contributed by atoms with E-state index in [4.69, 9.17) is 4.74 Å². The number of ether oxygens (including phenoxy) is 1. The van der Waals surface area contributed by atoms with Gasteiger partial charge in [0, 0.05) is 12.7 Å². The lowest BCUT2D eigenvalue weighted by atomic mass is 10.0. The predicted octanol–water partition coefficient (Wildman–Crippen LogP) is 3.13. The summed E-state index contributed by atoms with van der Waals surface area (Å²) >= 11 is 0. The molecule has 0 radical (unpaired) electrons. The van der Waals surface area contributed by atoms with Gasteiger partial charge in [0.25, 0.3) is 0 Å². The van der Waals surface area contributed by atoms with E-state index in [1.165, 1.54) is 0 Å². The molecule has 0 aliphatic rings. The molecule has 6 nitrogen and oxygen atoms in total. The number of amides is 1. The van der Waals surface area contributed by atoms with Crippen molar-refractivity contribution in [2.45, 2.75) is 45.9 Å². The highest BCUT2D eigenvalue weighted by Crippen LogP contribution is 2.22. The fourth-order valence-electron chi connectivity index (χ4n) is 2.40. The minimum atomic E-state index is -0.577. The van der Waals surface area contributed by atoms with Gasteiger partial charge in [0.15, 0.2) is 0 Å². The molecule has 2 aromatic rings. The minimum absolute atomic E-state index is 0.203. The van der Waals surface area contributed by atoms with E-state index in [2.05, 4.69) is 10.4 Å². The van der Waals surface area contributed by atoms with Crippen molar-refractivity contribution in [3.8, 4) is 11.3 Å². The number of rotatable bonds is 5. The molecule has 1 aromatic heterocycles. The molecule has 0 bridgehead atoms. The Hall–Kier alpha value is -2.34. The summed E-state index contributed by atoms with van der Waals surface area (Å²) in [6.07, 6.45) is 1.22. The Balaban J connectivity index is 2.12. The average molecular weight is 331 g/mol. The summed E-state index contributed by atoms with van der Waals surface area (Å²) in [6.45, 7) is 8.02. The highest BCUT2D eigenvalue weighted by Gasteiger charge is 2.20. The van der Waals surface area contributed by atoms with Crippen molar-refractivity contribution in [1.82, 2.24) is 15.1 Å². The van der Waals surface area contributed by atoms with E-state index >= 15 is 0 Å². The summed E-state index contributed by atoms with van der Waals surface area (Å²) in [7, 11) is 0. The lowest BCUT2D eigenvalue weighted by Crippen LogP contribution is -2.36. The van der Waals surface area contributed by atoms with Crippen LogP contribution in [0.25, 0.3) is 11.3 Å². The topological polar surface area (TPSA) is 76.4 Å². The van der Waals surface area contributed by atoms with Crippen LogP contribution in [0.4, 0.5) is 4.79 Å². The molecule has 6 heteroatoms. The molecule has 1 aromatic carbocycles. The van der Waals surface area contributed by atoms with E-state index in [-0.39, 0.29) is 6.61 Å². The first-order chi connectivity index (χ1) is 11.3. The number of aliphatic hydroxyl groups excluding tert-OH is 1. The predicted molar refractivity (Wildman–Crippen MR) is 92.5 cm³/mol. The SMILES string of the molecule is CCn1nccc1-c1ccc([C@H](CO)NC(=O)OC(C)(C)C)cc1. The van der Waals surface area contributed by atoms with Crippen LogP contribution < -0.4 is 5.32 Å². The number of carbonyl (C=O) groups is 1. The second kappa shape index (κ2) is 7.49. The molecule has 1 amide bonds. The maximum absolute atomic E-state index is 11.9. The number of aromatic nitrogens is 2. The Morgan fingerprint density at radius 2 is 1.96 bits per heavy atom. The Morgan fingerprint density at radius 3 is 2.50 bits per heavy atom. The number of alkyl carbamates (subject to hydrolysis) is 1. The number of hydrogen-bond acceptors (Lipinski definition) is 4. The molecule has 0 aliphatic heterocycles. The zero-order valence-electron chi connectivity index (χ0n) is 14.6. The minimum Gasteiger partial charge on any atom is -0.444 e. The zero-order chi connectivity index (χ0) is 17.7. The molecule has 24 heavy (non-hydrogen) atoms. The molecule has 0 fully saturated rings. The number of aryl methyl sites for hydroxylation is 1. The van der Waals surface area contributed by atoms with Crippen LogP contribution >= 0.6 is 0 Å². The van der Waals surface area contributed by atoms with Crippen LogP contribution in [0.15, 0.2) is 36.5 Å². The molecule has 0 saturated heterocycles. The van der Waals surface area contributed by atoms with Gasteiger partial charge in [-0.2, -0.15) is 5.10 Å². The summed E-state index contributed by atoms with van der Waals surface area (Å²) in [6, 6.07) is 9.14. The van der Waals surface area contributed by atoms with Gasteiger partial charge < -0.3 is 15.2 Å². The molecule has 2 rings (SSSR count). The number of carbonyl (C=O) groups excluding carboxylic acids is 1. The first kappa shape index (κ1) is 18.0. The van der Waals surface area contributed by atoms with Crippen molar-refractivity contribution in [2.24, 2.45) is 0 Å². The molecular formula is C18H25N3O3. The Kier molecular flexibility index (Phi) is 5.62. The number of nitrogens with zero attached hydrogens (tertiary/aromatic N) is 2. The smallest absolute Gasteiger partial charge is 0.408 e. The standard InChI is InChI=1S/C18H25N3O3/c1-5-21-16(10-11-19-21)14-8-6-13(7-9-14)15(12-22)20-17(23)24-18(2,3)4/h6-11,15,22H,5,12H2,1-4H3,(H,20,23)/t15-/m0/s1. The molecule has 0 unspecified atom stereocenters. The second-order valence-electron chi connectivity index (χ2n) is 6.54. The van der Waals surface area contributed by atoms with Crippen molar-refractivity contribution < 1.29 is 14.6 Å². The van der Waals surface area contributed by atoms with Gasteiger partial charge >= 0.3 is 6.09 Å². The molecule has 0 aliphatic carbocycles. The van der Waals surface area contributed by atoms with E-state index < -0.39 is 17.7 Å². The van der Waals surface area contributed by atoms with E-state index in [9.17, 15) is 9.90 Å². The van der Waals surface area contributed by atoms with Crippen molar-refractivity contribution in [3.05, 3.63) is 42.1 Å². The van der Waals surface area contributed by atoms with E-state index in [1.54, 1.807) is 27.0 Å². The Bertz CT molecular complexity index is 672. The number of hydrogen-bond donors (Lipinski definition) is 2. The van der Waals surface area contributed by atoms with Crippen molar-refractivity contribution >= 4 is 6.09 Å². The largest absolute Gasteiger partial charge is 0.444 e. The van der Waals surface area contributed by atoms with E-state index in [1.807, 2.05) is 41.9 Å². The lowest BCUT2D eigenvalue weighted by Gasteiger charge is -2.23. The summed E-state index contributed by atoms with van der Waals surface area (Å²) in [5.41, 5.74) is 2.30. The number of benzene rings is 1. The third-order valence-electron chi connectivity index (χ3n) is 3.50. The summed E-state index contributed by atoms with van der Waals surface area (Å²) in [5, 5.41) is 16.5. The van der Waals surface area contributed by atoms with Gasteiger partial charge in [-0.25, -0.2) is 4.79 Å². The molecule has 1 atom stereocenters. The first-order valence-corrected chi connectivity index (χ1v) is 8.06. The molecule has 2 N–H and O–H groups in total. The maximum atomic E-state index is 11.9. The van der Waals surface area contributed by atoms with Crippen molar-refractivity contribution in [3.63, 3.8) is 0 Å². The molecule has 0 spiro atoms. The Labute approximate surface area is 142 Å². The van der Waals surface area contributed by atoms with Crippen LogP contribution in [0.1, 0.15) is 39.3 Å². The fraction of sp³-hybridized carbons (Fsp3) is 0.444. The highest BCUT2D eigenvalue weighted by atomic mass is 16.6. The van der Waals surface area contributed by atoms with E-state index in [0.29, 0.717) is 0 Å². The fourth-order valence-corrected chi connectivity index (χ4v) is 2.40. The molecule has 130 valence electrons. The van der Waals surface area contributed by atoms with Gasteiger partial charge in [0.2, 0.25) is 0 Å². The summed E-state index contributed by atoms with van der Waals surface area (Å²) in [5.74, 6) is 0. The van der Waals surface area contributed by atoms with Gasteiger partial charge in [0.1, 0.15) is 5.60 Å².